The molecular formula is C16H20N2O. The highest BCUT2D eigenvalue weighted by atomic mass is 16.5. The first kappa shape index (κ1) is 13.6. The van der Waals surface area contributed by atoms with Crippen LogP contribution in [0.5, 0.6) is 11.6 Å². The van der Waals surface area contributed by atoms with Crippen molar-refractivity contribution in [3.05, 3.63) is 54.2 Å². The lowest BCUT2D eigenvalue weighted by molar-refractivity contribution is 0.458. The molecular weight excluding hydrogens is 236 g/mol. The average Bonchev–Trinajstić information content (AvgIpc) is 2.40. The number of para-hydroxylation sites is 1. The molecule has 0 unspecified atom stereocenters. The zero-order chi connectivity index (χ0) is 13.5. The molecule has 1 aromatic carbocycles. The van der Waals surface area contributed by atoms with Crippen LogP contribution in [0.1, 0.15) is 19.5 Å². The molecule has 0 saturated carbocycles. The third-order valence-electron chi connectivity index (χ3n) is 2.61. The van der Waals surface area contributed by atoms with Gasteiger partial charge in [0, 0.05) is 12.6 Å². The van der Waals surface area contributed by atoms with E-state index in [1.807, 2.05) is 48.5 Å². The Hall–Kier alpha value is -1.87. The maximum Gasteiger partial charge on any atom is 0.219 e. The van der Waals surface area contributed by atoms with Crippen LogP contribution in [0.3, 0.4) is 0 Å². The molecule has 100 valence electrons. The van der Waals surface area contributed by atoms with E-state index in [0.29, 0.717) is 11.8 Å². The summed E-state index contributed by atoms with van der Waals surface area (Å²) in [5.41, 5.74) is 0.995. The summed E-state index contributed by atoms with van der Waals surface area (Å²) in [4.78, 5) is 4.48. The highest BCUT2D eigenvalue weighted by Crippen LogP contribution is 2.18. The number of pyridine rings is 1. The molecule has 0 amide bonds. The molecule has 0 fully saturated rings. The van der Waals surface area contributed by atoms with Gasteiger partial charge in [0.15, 0.2) is 0 Å². The fourth-order valence-electron chi connectivity index (χ4n) is 1.71. The Morgan fingerprint density at radius 2 is 1.84 bits per heavy atom. The van der Waals surface area contributed by atoms with Gasteiger partial charge in [-0.3, -0.25) is 0 Å². The topological polar surface area (TPSA) is 34.1 Å². The molecule has 0 spiro atoms. The predicted molar refractivity (Wildman–Crippen MR) is 77.3 cm³/mol. The van der Waals surface area contributed by atoms with Gasteiger partial charge in [-0.25, -0.2) is 4.98 Å². The molecule has 0 bridgehead atoms. The van der Waals surface area contributed by atoms with Gasteiger partial charge >= 0.3 is 0 Å². The third kappa shape index (κ3) is 4.72. The number of hydrogen-bond donors (Lipinski definition) is 1. The Kier molecular flexibility index (Phi) is 4.93. The van der Waals surface area contributed by atoms with Crippen LogP contribution in [0.25, 0.3) is 0 Å². The average molecular weight is 256 g/mol. The predicted octanol–water partition coefficient (Wildman–Crippen LogP) is 3.62. The summed E-state index contributed by atoms with van der Waals surface area (Å²) in [6.07, 6.45) is 0. The number of ether oxygens (including phenoxy) is 1. The van der Waals surface area contributed by atoms with Crippen molar-refractivity contribution in [1.82, 2.24) is 10.3 Å². The SMILES string of the molecule is CC(C)CNCc1cccc(Oc2ccccc2)n1. The van der Waals surface area contributed by atoms with Gasteiger partial charge < -0.3 is 10.1 Å². The van der Waals surface area contributed by atoms with Crippen LogP contribution < -0.4 is 10.1 Å². The summed E-state index contributed by atoms with van der Waals surface area (Å²) >= 11 is 0. The number of nitrogens with one attached hydrogen (secondary N) is 1. The van der Waals surface area contributed by atoms with Gasteiger partial charge in [-0.05, 0) is 30.7 Å². The summed E-state index contributed by atoms with van der Waals surface area (Å²) in [6, 6.07) is 15.6. The third-order valence-corrected chi connectivity index (χ3v) is 2.61. The maximum atomic E-state index is 5.71. The maximum absolute atomic E-state index is 5.71. The molecule has 0 radical (unpaired) electrons. The van der Waals surface area contributed by atoms with Crippen LogP contribution in [-0.4, -0.2) is 11.5 Å². The lowest BCUT2D eigenvalue weighted by Crippen LogP contribution is -2.19. The van der Waals surface area contributed by atoms with E-state index in [1.165, 1.54) is 0 Å². The molecule has 0 saturated heterocycles. The van der Waals surface area contributed by atoms with E-state index in [0.717, 1.165) is 24.5 Å². The number of aromatic nitrogens is 1. The minimum absolute atomic E-state index is 0.634. The molecule has 0 atom stereocenters. The lowest BCUT2D eigenvalue weighted by atomic mass is 10.2. The zero-order valence-electron chi connectivity index (χ0n) is 11.5. The van der Waals surface area contributed by atoms with Crippen molar-refractivity contribution in [2.24, 2.45) is 5.92 Å². The summed E-state index contributed by atoms with van der Waals surface area (Å²) in [5, 5.41) is 3.37. The Morgan fingerprint density at radius 1 is 1.05 bits per heavy atom. The van der Waals surface area contributed by atoms with E-state index in [4.69, 9.17) is 4.74 Å². The lowest BCUT2D eigenvalue weighted by Gasteiger charge is -2.08. The van der Waals surface area contributed by atoms with E-state index < -0.39 is 0 Å². The summed E-state index contributed by atoms with van der Waals surface area (Å²) in [5.74, 6) is 2.08. The minimum Gasteiger partial charge on any atom is -0.439 e. The van der Waals surface area contributed by atoms with Gasteiger partial charge in [-0.15, -0.1) is 0 Å². The van der Waals surface area contributed by atoms with Crippen molar-refractivity contribution < 1.29 is 4.74 Å². The Balaban J connectivity index is 1.95. The van der Waals surface area contributed by atoms with E-state index >= 15 is 0 Å². The molecule has 1 heterocycles. The molecule has 1 aromatic heterocycles. The van der Waals surface area contributed by atoms with Crippen LogP contribution in [0.4, 0.5) is 0 Å². The van der Waals surface area contributed by atoms with E-state index in [-0.39, 0.29) is 0 Å². The van der Waals surface area contributed by atoms with Gasteiger partial charge in [0.2, 0.25) is 5.88 Å². The van der Waals surface area contributed by atoms with Crippen molar-refractivity contribution in [3.63, 3.8) is 0 Å². The molecule has 3 heteroatoms. The largest absolute Gasteiger partial charge is 0.439 e. The summed E-state index contributed by atoms with van der Waals surface area (Å²) in [7, 11) is 0. The smallest absolute Gasteiger partial charge is 0.219 e. The first-order chi connectivity index (χ1) is 9.24. The highest BCUT2D eigenvalue weighted by Gasteiger charge is 2.01. The van der Waals surface area contributed by atoms with E-state index in [1.54, 1.807) is 0 Å². The number of nitrogens with zero attached hydrogens (tertiary/aromatic N) is 1. The monoisotopic (exact) mass is 256 g/mol. The number of rotatable bonds is 6. The molecule has 0 aliphatic carbocycles. The summed E-state index contributed by atoms with van der Waals surface area (Å²) < 4.78 is 5.71. The highest BCUT2D eigenvalue weighted by molar-refractivity contribution is 5.27. The first-order valence-corrected chi connectivity index (χ1v) is 6.63. The van der Waals surface area contributed by atoms with Gasteiger partial charge in [0.25, 0.3) is 0 Å². The van der Waals surface area contributed by atoms with Crippen molar-refractivity contribution in [2.45, 2.75) is 20.4 Å². The molecule has 2 rings (SSSR count). The molecule has 0 aliphatic rings. The summed E-state index contributed by atoms with van der Waals surface area (Å²) in [6.45, 7) is 6.14. The van der Waals surface area contributed by atoms with Gasteiger partial charge in [0.05, 0.1) is 5.69 Å². The van der Waals surface area contributed by atoms with Crippen molar-refractivity contribution in [1.29, 1.82) is 0 Å². The van der Waals surface area contributed by atoms with Gasteiger partial charge in [-0.1, -0.05) is 38.1 Å². The van der Waals surface area contributed by atoms with Crippen molar-refractivity contribution >= 4 is 0 Å². The Labute approximate surface area is 114 Å². The zero-order valence-corrected chi connectivity index (χ0v) is 11.5. The van der Waals surface area contributed by atoms with Crippen LogP contribution in [0, 0.1) is 5.92 Å². The van der Waals surface area contributed by atoms with Crippen LogP contribution in [-0.2, 0) is 6.54 Å². The van der Waals surface area contributed by atoms with E-state index in [2.05, 4.69) is 24.1 Å². The quantitative estimate of drug-likeness (QED) is 0.857. The minimum atomic E-state index is 0.634. The second kappa shape index (κ2) is 6.90. The van der Waals surface area contributed by atoms with Crippen LogP contribution >= 0.6 is 0 Å². The van der Waals surface area contributed by atoms with Gasteiger partial charge in [0.1, 0.15) is 5.75 Å². The Bertz CT molecular complexity index is 497. The van der Waals surface area contributed by atoms with E-state index in [9.17, 15) is 0 Å². The van der Waals surface area contributed by atoms with Crippen molar-refractivity contribution in [2.75, 3.05) is 6.54 Å². The van der Waals surface area contributed by atoms with Crippen LogP contribution in [0.2, 0.25) is 0 Å². The van der Waals surface area contributed by atoms with Gasteiger partial charge in [-0.2, -0.15) is 0 Å². The molecule has 19 heavy (non-hydrogen) atoms. The fraction of sp³-hybridized carbons (Fsp3) is 0.312. The normalized spacial score (nSPS) is 10.7. The fourth-order valence-corrected chi connectivity index (χ4v) is 1.71. The molecule has 3 nitrogen and oxygen atoms in total. The molecule has 2 aromatic rings. The molecule has 1 N–H and O–H groups in total. The van der Waals surface area contributed by atoms with Crippen LogP contribution in [0.15, 0.2) is 48.5 Å². The Morgan fingerprint density at radius 3 is 2.58 bits per heavy atom. The van der Waals surface area contributed by atoms with Crippen molar-refractivity contribution in [3.8, 4) is 11.6 Å². The standard InChI is InChI=1S/C16H20N2O/c1-13(2)11-17-12-14-7-6-10-16(18-14)19-15-8-4-3-5-9-15/h3-10,13,17H,11-12H2,1-2H3. The number of benzene rings is 1. The second-order valence-electron chi connectivity index (χ2n) is 4.91. The second-order valence-corrected chi connectivity index (χ2v) is 4.91. The first-order valence-electron chi connectivity index (χ1n) is 6.63. The molecule has 0 aliphatic heterocycles. The number of hydrogen-bond acceptors (Lipinski definition) is 3.